The van der Waals surface area contributed by atoms with Gasteiger partial charge in [-0.25, -0.2) is 0 Å². The van der Waals surface area contributed by atoms with Gasteiger partial charge in [-0.15, -0.1) is 6.58 Å². The van der Waals surface area contributed by atoms with Gasteiger partial charge in [-0.2, -0.15) is 0 Å². The summed E-state index contributed by atoms with van der Waals surface area (Å²) in [5, 5.41) is 20.2. The highest BCUT2D eigenvalue weighted by Gasteiger charge is 2.39. The van der Waals surface area contributed by atoms with Gasteiger partial charge in [-0.1, -0.05) is 38.1 Å². The van der Waals surface area contributed by atoms with Crippen LogP contribution in [0.1, 0.15) is 26.3 Å². The Bertz CT molecular complexity index is 365. The molecule has 0 aliphatic carbocycles. The van der Waals surface area contributed by atoms with Crippen LogP contribution in [0.3, 0.4) is 0 Å². The zero-order valence-corrected chi connectivity index (χ0v) is 9.49. The summed E-state index contributed by atoms with van der Waals surface area (Å²) in [5.41, 5.74) is -1.12. The van der Waals surface area contributed by atoms with Gasteiger partial charge in [-0.05, 0) is 13.0 Å². The van der Waals surface area contributed by atoms with Crippen molar-refractivity contribution in [3.8, 4) is 5.75 Å². The molecule has 1 atom stereocenters. The first-order chi connectivity index (χ1) is 6.83. The minimum atomic E-state index is -1.14. The molecule has 0 spiro atoms. The summed E-state index contributed by atoms with van der Waals surface area (Å²) in [6.07, 6.45) is 1.69. The SMILES string of the molecule is C=CC(C)(C)[C@@](C)(O)c1ccccc1O. The Morgan fingerprint density at radius 3 is 2.20 bits per heavy atom. The van der Waals surface area contributed by atoms with Crippen molar-refractivity contribution in [2.24, 2.45) is 5.41 Å². The molecule has 82 valence electrons. The van der Waals surface area contributed by atoms with Crippen LogP contribution in [-0.2, 0) is 5.60 Å². The van der Waals surface area contributed by atoms with Crippen molar-refractivity contribution in [2.45, 2.75) is 26.4 Å². The molecule has 0 saturated carbocycles. The number of para-hydroxylation sites is 1. The molecule has 0 aliphatic heterocycles. The number of rotatable bonds is 3. The van der Waals surface area contributed by atoms with Crippen molar-refractivity contribution < 1.29 is 10.2 Å². The van der Waals surface area contributed by atoms with Crippen molar-refractivity contribution in [1.82, 2.24) is 0 Å². The molecule has 1 aromatic rings. The van der Waals surface area contributed by atoms with Crippen LogP contribution in [0, 0.1) is 5.41 Å². The molecule has 2 nitrogen and oxygen atoms in total. The fraction of sp³-hybridized carbons (Fsp3) is 0.385. The van der Waals surface area contributed by atoms with Crippen LogP contribution < -0.4 is 0 Å². The lowest BCUT2D eigenvalue weighted by molar-refractivity contribution is -0.0323. The zero-order chi connectivity index (χ0) is 11.7. The first kappa shape index (κ1) is 11.8. The second-order valence-corrected chi connectivity index (χ2v) is 4.52. The Morgan fingerprint density at radius 2 is 1.73 bits per heavy atom. The maximum absolute atomic E-state index is 10.5. The quantitative estimate of drug-likeness (QED) is 0.746. The summed E-state index contributed by atoms with van der Waals surface area (Å²) >= 11 is 0. The Morgan fingerprint density at radius 1 is 1.20 bits per heavy atom. The number of benzene rings is 1. The van der Waals surface area contributed by atoms with Gasteiger partial charge in [0.15, 0.2) is 0 Å². The third-order valence-electron chi connectivity index (χ3n) is 3.19. The Kier molecular flexibility index (Phi) is 2.91. The lowest BCUT2D eigenvalue weighted by Crippen LogP contribution is -2.37. The number of hydrogen-bond acceptors (Lipinski definition) is 2. The summed E-state index contributed by atoms with van der Waals surface area (Å²) < 4.78 is 0. The van der Waals surface area contributed by atoms with Crippen molar-refractivity contribution in [3.63, 3.8) is 0 Å². The maximum Gasteiger partial charge on any atom is 0.121 e. The summed E-state index contributed by atoms with van der Waals surface area (Å²) in [6.45, 7) is 9.16. The van der Waals surface area contributed by atoms with E-state index < -0.39 is 11.0 Å². The molecule has 1 rings (SSSR count). The minimum absolute atomic E-state index is 0.109. The highest BCUT2D eigenvalue weighted by atomic mass is 16.3. The van der Waals surface area contributed by atoms with Crippen LogP contribution in [-0.4, -0.2) is 10.2 Å². The first-order valence-electron chi connectivity index (χ1n) is 4.97. The van der Waals surface area contributed by atoms with E-state index >= 15 is 0 Å². The van der Waals surface area contributed by atoms with Gasteiger partial charge >= 0.3 is 0 Å². The number of phenols is 1. The molecule has 2 heteroatoms. The molecule has 0 aliphatic rings. The molecule has 0 saturated heterocycles. The smallest absolute Gasteiger partial charge is 0.121 e. The molecule has 15 heavy (non-hydrogen) atoms. The summed E-state index contributed by atoms with van der Waals surface area (Å²) in [5.74, 6) is 0.109. The van der Waals surface area contributed by atoms with E-state index in [1.165, 1.54) is 0 Å². The second-order valence-electron chi connectivity index (χ2n) is 4.52. The molecule has 0 radical (unpaired) electrons. The number of phenolic OH excluding ortho intramolecular Hbond substituents is 1. The van der Waals surface area contributed by atoms with Crippen molar-refractivity contribution in [3.05, 3.63) is 42.5 Å². The van der Waals surface area contributed by atoms with E-state index in [2.05, 4.69) is 6.58 Å². The van der Waals surface area contributed by atoms with Gasteiger partial charge in [0, 0.05) is 11.0 Å². The number of hydrogen-bond donors (Lipinski definition) is 2. The van der Waals surface area contributed by atoms with Crippen molar-refractivity contribution in [2.75, 3.05) is 0 Å². The normalized spacial score (nSPS) is 15.7. The van der Waals surface area contributed by atoms with Crippen LogP contribution in [0.2, 0.25) is 0 Å². The molecule has 0 aromatic heterocycles. The Hall–Kier alpha value is -1.28. The molecular weight excluding hydrogens is 188 g/mol. The minimum Gasteiger partial charge on any atom is -0.508 e. The molecule has 0 bridgehead atoms. The predicted molar refractivity (Wildman–Crippen MR) is 61.7 cm³/mol. The van der Waals surface area contributed by atoms with Crippen molar-refractivity contribution >= 4 is 0 Å². The third-order valence-corrected chi connectivity index (χ3v) is 3.19. The molecule has 0 fully saturated rings. The van der Waals surface area contributed by atoms with Crippen LogP contribution in [0.4, 0.5) is 0 Å². The van der Waals surface area contributed by atoms with Crippen LogP contribution in [0.15, 0.2) is 36.9 Å². The monoisotopic (exact) mass is 206 g/mol. The summed E-state index contributed by atoms with van der Waals surface area (Å²) in [6, 6.07) is 6.82. The average molecular weight is 206 g/mol. The zero-order valence-electron chi connectivity index (χ0n) is 9.49. The van der Waals surface area contributed by atoms with E-state index in [4.69, 9.17) is 0 Å². The fourth-order valence-corrected chi connectivity index (χ4v) is 1.43. The highest BCUT2D eigenvalue weighted by molar-refractivity contribution is 5.38. The standard InChI is InChI=1S/C13H18O2/c1-5-12(2,3)13(4,15)10-8-6-7-9-11(10)14/h5-9,14-15H,1H2,2-4H3/t13-/m0/s1. The lowest BCUT2D eigenvalue weighted by atomic mass is 9.72. The molecule has 0 unspecified atom stereocenters. The van der Waals surface area contributed by atoms with Crippen LogP contribution in [0.5, 0.6) is 5.75 Å². The molecule has 0 amide bonds. The van der Waals surface area contributed by atoms with Gasteiger partial charge in [0.25, 0.3) is 0 Å². The van der Waals surface area contributed by atoms with E-state index in [1.54, 1.807) is 37.3 Å². The lowest BCUT2D eigenvalue weighted by Gasteiger charge is -2.38. The summed E-state index contributed by atoms with van der Waals surface area (Å²) in [4.78, 5) is 0. The van der Waals surface area contributed by atoms with Gasteiger partial charge < -0.3 is 10.2 Å². The van der Waals surface area contributed by atoms with E-state index in [0.717, 1.165) is 0 Å². The number of aromatic hydroxyl groups is 1. The van der Waals surface area contributed by atoms with Crippen molar-refractivity contribution in [1.29, 1.82) is 0 Å². The predicted octanol–water partition coefficient (Wildman–Crippen LogP) is 2.81. The molecular formula is C13H18O2. The largest absolute Gasteiger partial charge is 0.508 e. The molecule has 0 heterocycles. The molecule has 2 N–H and O–H groups in total. The first-order valence-corrected chi connectivity index (χ1v) is 4.97. The van der Waals surface area contributed by atoms with Crippen LogP contribution >= 0.6 is 0 Å². The summed E-state index contributed by atoms with van der Waals surface area (Å²) in [7, 11) is 0. The fourth-order valence-electron chi connectivity index (χ4n) is 1.43. The Labute approximate surface area is 90.9 Å². The second kappa shape index (κ2) is 3.70. The van der Waals surface area contributed by atoms with Gasteiger partial charge in [0.05, 0.1) is 5.60 Å². The third kappa shape index (κ3) is 1.90. The van der Waals surface area contributed by atoms with Gasteiger partial charge in [0.1, 0.15) is 5.75 Å². The van der Waals surface area contributed by atoms with Gasteiger partial charge in [0.2, 0.25) is 0 Å². The topological polar surface area (TPSA) is 40.5 Å². The maximum atomic E-state index is 10.5. The van der Waals surface area contributed by atoms with E-state index in [1.807, 2.05) is 13.8 Å². The van der Waals surface area contributed by atoms with E-state index in [9.17, 15) is 10.2 Å². The van der Waals surface area contributed by atoms with Crippen LogP contribution in [0.25, 0.3) is 0 Å². The van der Waals surface area contributed by atoms with E-state index in [0.29, 0.717) is 5.56 Å². The highest BCUT2D eigenvalue weighted by Crippen LogP contribution is 2.43. The molecule has 1 aromatic carbocycles. The average Bonchev–Trinajstić information content (AvgIpc) is 2.18. The Balaban J connectivity index is 3.28. The van der Waals surface area contributed by atoms with E-state index in [-0.39, 0.29) is 5.75 Å². The van der Waals surface area contributed by atoms with Gasteiger partial charge in [-0.3, -0.25) is 0 Å². The number of aliphatic hydroxyl groups is 1.